The summed E-state index contributed by atoms with van der Waals surface area (Å²) in [5.74, 6) is -5.82. The molecule has 0 aromatic heterocycles. The second-order valence-electron chi connectivity index (χ2n) is 24.9. The van der Waals surface area contributed by atoms with E-state index in [-0.39, 0.29) is 66.8 Å². The fourth-order valence-corrected chi connectivity index (χ4v) is 11.6. The SMILES string of the molecule is CCC(CC)C(=O)OC(C)(C)CCCCC(=O)N[C@H](C(=O)N[C@@H](CCCNC(N)=O)C(=O)Nc1ccccc1C(=O)N(C)C(C)C(=O)O[C@H]1CC(=O)N(C)c2cc(cc(OC)c2Cl)C/C(C)=C/C=C/[C@@H](OC)[C@]2(O)CC(=O)O[C@@H](C2)[C@@H](C)[C@@H]2O[C@@]12C)C(C)C. The van der Waals surface area contributed by atoms with Gasteiger partial charge in [-0.15, -0.1) is 0 Å². The zero-order valence-electron chi connectivity index (χ0n) is 54.1. The van der Waals surface area contributed by atoms with Gasteiger partial charge in [-0.3, -0.25) is 33.6 Å². The molecular formula is C65H94ClN7O16. The number of nitrogens with zero attached hydrogens (tertiary/aromatic N) is 2. The summed E-state index contributed by atoms with van der Waals surface area (Å²) >= 11 is 6.88. The summed E-state index contributed by atoms with van der Waals surface area (Å²) in [4.78, 5) is 125. The van der Waals surface area contributed by atoms with Crippen LogP contribution in [0.2, 0.25) is 5.02 Å². The molecule has 2 aromatic carbocycles. The lowest BCUT2D eigenvalue weighted by Gasteiger charge is -2.41. The van der Waals surface area contributed by atoms with E-state index >= 15 is 0 Å². The number of halogens is 1. The lowest BCUT2D eigenvalue weighted by atomic mass is 9.78. The van der Waals surface area contributed by atoms with Crippen LogP contribution in [0.4, 0.5) is 16.2 Å². The summed E-state index contributed by atoms with van der Waals surface area (Å²) in [7, 11) is 5.78. The molecule has 24 heteroatoms. The number of nitrogens with one attached hydrogen (secondary N) is 4. The van der Waals surface area contributed by atoms with Crippen molar-refractivity contribution in [2.75, 3.05) is 45.1 Å². The van der Waals surface area contributed by atoms with E-state index in [2.05, 4.69) is 21.3 Å². The first kappa shape index (κ1) is 72.7. The van der Waals surface area contributed by atoms with Gasteiger partial charge in [-0.05, 0) is 122 Å². The largest absolute Gasteiger partial charge is 0.495 e. The number of para-hydroxylation sites is 1. The fourth-order valence-electron chi connectivity index (χ4n) is 11.3. The predicted octanol–water partition coefficient (Wildman–Crippen LogP) is 7.41. The molecule has 3 aliphatic rings. The first-order valence-corrected chi connectivity index (χ1v) is 31.0. The standard InChI is InChI=1S/C65H94ClN7O16/c1-15-42(16-2)61(81)89-63(8,9)29-20-19-28-51(74)71-55(37(3)4)58(78)70-45(26-22-30-68-62(67)82)57(77)69-44-25-18-17-24-43(44)59(79)72(11)40(7)60(80)87-50-34-52(75)73(12)46-32-41(33-47(84-13)54(46)66)31-38(5)23-21-27-49(85-14)65(83)35-48(86-53(76)36-65)39(6)56-64(50,10)88-56/h17-18,21,23-25,27,32-33,37,39-40,42,45,48-50,55-56,83H,15-16,19-20,22,26,28-31,34-36H2,1-14H3,(H,69,77)(H,70,78)(H,71,74)(H3,67,68,82)/b27-21+,38-23+/t39-,40?,45+,48+,49-,50+,55+,56+,64+,65-/m1/s1. The number of epoxide rings is 1. The number of allylic oxidation sites excluding steroid dienone is 3. The Hall–Kier alpha value is -7.08. The summed E-state index contributed by atoms with van der Waals surface area (Å²) in [6, 6.07) is 5.09. The number of carbonyl (C=O) groups is 9. The summed E-state index contributed by atoms with van der Waals surface area (Å²) in [6.07, 6.45) is 4.05. The highest BCUT2D eigenvalue weighted by Gasteiger charge is 2.64. The lowest BCUT2D eigenvalue weighted by Crippen LogP contribution is -2.54. The molecule has 3 aliphatic heterocycles. The number of anilines is 2. The van der Waals surface area contributed by atoms with Crippen molar-refractivity contribution in [3.63, 3.8) is 0 Å². The molecule has 10 atom stereocenters. The van der Waals surface area contributed by atoms with E-state index in [0.29, 0.717) is 50.0 Å². The number of likely N-dealkylation sites (N-methyl/N-ethyl adjacent to an activating group) is 1. The number of unbranched alkanes of at least 4 members (excludes halogenated alkanes) is 1. The number of urea groups is 1. The second kappa shape index (κ2) is 32.1. The van der Waals surface area contributed by atoms with Crippen molar-refractivity contribution in [2.24, 2.45) is 23.5 Å². The monoisotopic (exact) mass is 1260 g/mol. The average molecular weight is 1260 g/mol. The highest BCUT2D eigenvalue weighted by Crippen LogP contribution is 2.50. The number of primary amides is 1. The quantitative estimate of drug-likeness (QED) is 0.0244. The number of fused-ring (bicyclic) bond motifs is 5. The van der Waals surface area contributed by atoms with Gasteiger partial charge in [0.2, 0.25) is 23.6 Å². The summed E-state index contributed by atoms with van der Waals surface area (Å²) in [5.41, 5.74) is 3.42. The van der Waals surface area contributed by atoms with Crippen LogP contribution in [0.3, 0.4) is 0 Å². The van der Waals surface area contributed by atoms with E-state index in [0.717, 1.165) is 16.0 Å². The van der Waals surface area contributed by atoms with Gasteiger partial charge < -0.3 is 70.3 Å². The van der Waals surface area contributed by atoms with Crippen molar-refractivity contribution < 1.29 is 76.7 Å². The van der Waals surface area contributed by atoms with Crippen LogP contribution in [0.15, 0.2) is 60.2 Å². The normalized spacial score (nSPS) is 24.1. The van der Waals surface area contributed by atoms with Crippen molar-refractivity contribution in [3.8, 4) is 5.75 Å². The number of carbonyl (C=O) groups excluding carboxylic acids is 9. The third-order valence-electron chi connectivity index (χ3n) is 17.1. The first-order valence-electron chi connectivity index (χ1n) is 30.7. The smallest absolute Gasteiger partial charge is 0.328 e. The van der Waals surface area contributed by atoms with Gasteiger partial charge in [0.25, 0.3) is 5.91 Å². The molecule has 3 heterocycles. The van der Waals surface area contributed by atoms with E-state index in [4.69, 9.17) is 45.8 Å². The summed E-state index contributed by atoms with van der Waals surface area (Å²) < 4.78 is 35.7. The molecule has 7 N–H and O–H groups in total. The number of ether oxygens (including phenoxy) is 6. The highest BCUT2D eigenvalue weighted by atomic mass is 35.5. The Morgan fingerprint density at radius 2 is 1.66 bits per heavy atom. The van der Waals surface area contributed by atoms with Crippen LogP contribution >= 0.6 is 11.6 Å². The molecule has 2 saturated heterocycles. The van der Waals surface area contributed by atoms with Crippen LogP contribution < -0.4 is 36.6 Å². The Labute approximate surface area is 528 Å². The van der Waals surface area contributed by atoms with Crippen LogP contribution in [0, 0.1) is 17.8 Å². The number of methoxy groups -OCH3 is 2. The minimum absolute atomic E-state index is 0.0142. The van der Waals surface area contributed by atoms with Gasteiger partial charge in [0, 0.05) is 46.5 Å². The Morgan fingerprint density at radius 3 is 2.30 bits per heavy atom. The number of benzene rings is 2. The number of hydrogen-bond donors (Lipinski definition) is 6. The van der Waals surface area contributed by atoms with Crippen molar-refractivity contribution in [1.29, 1.82) is 0 Å². The number of hydrogen-bond acceptors (Lipinski definition) is 16. The Bertz CT molecular complexity index is 2950. The molecule has 1 unspecified atom stereocenters. The zero-order chi connectivity index (χ0) is 66.3. The van der Waals surface area contributed by atoms with Crippen molar-refractivity contribution in [1.82, 2.24) is 20.9 Å². The fraction of sp³-hybridized carbons (Fsp3) is 0.615. The predicted molar refractivity (Wildman–Crippen MR) is 335 cm³/mol. The van der Waals surface area contributed by atoms with Crippen LogP contribution in [0.25, 0.3) is 0 Å². The molecule has 7 amide bonds. The molecule has 0 radical (unpaired) electrons. The molecule has 492 valence electrons. The van der Waals surface area contributed by atoms with Crippen molar-refractivity contribution in [3.05, 3.63) is 76.3 Å². The number of esters is 3. The van der Waals surface area contributed by atoms with E-state index in [1.54, 1.807) is 64.1 Å². The van der Waals surface area contributed by atoms with E-state index in [9.17, 15) is 48.3 Å². The maximum Gasteiger partial charge on any atom is 0.328 e. The van der Waals surface area contributed by atoms with Gasteiger partial charge >= 0.3 is 23.9 Å². The number of amides is 7. The van der Waals surface area contributed by atoms with Gasteiger partial charge in [-0.2, -0.15) is 0 Å². The molecular weight excluding hydrogens is 1170 g/mol. The molecule has 0 aliphatic carbocycles. The van der Waals surface area contributed by atoms with Crippen LogP contribution in [-0.2, 0) is 63.7 Å². The third-order valence-corrected chi connectivity index (χ3v) is 17.5. The van der Waals surface area contributed by atoms with Gasteiger partial charge in [0.1, 0.15) is 64.0 Å². The molecule has 89 heavy (non-hydrogen) atoms. The molecule has 4 bridgehead atoms. The van der Waals surface area contributed by atoms with Gasteiger partial charge in [0.05, 0.1) is 48.9 Å². The number of rotatable bonds is 25. The minimum Gasteiger partial charge on any atom is -0.495 e. The highest BCUT2D eigenvalue weighted by molar-refractivity contribution is 6.35. The zero-order valence-corrected chi connectivity index (χ0v) is 54.8. The van der Waals surface area contributed by atoms with Crippen LogP contribution in [-0.4, -0.2) is 158 Å². The topological polar surface area (TPSA) is 313 Å². The lowest BCUT2D eigenvalue weighted by molar-refractivity contribution is -0.187. The van der Waals surface area contributed by atoms with Gasteiger partial charge in [0.15, 0.2) is 0 Å². The maximum atomic E-state index is 14.6. The average Bonchev–Trinajstić information content (AvgIpc) is 1.77. The molecule has 5 rings (SSSR count). The van der Waals surface area contributed by atoms with E-state index < -0.39 is 125 Å². The number of nitrogens with two attached hydrogens (primary N) is 1. The van der Waals surface area contributed by atoms with Gasteiger partial charge in [-0.25, -0.2) is 9.59 Å². The molecule has 2 aromatic rings. The first-order chi connectivity index (χ1) is 41.8. The third kappa shape index (κ3) is 19.5. The molecule has 23 nitrogen and oxygen atoms in total. The van der Waals surface area contributed by atoms with Gasteiger partial charge in [-0.1, -0.05) is 82.2 Å². The Kier molecular flexibility index (Phi) is 26.2. The number of aliphatic hydroxyl groups is 1. The Morgan fingerprint density at radius 1 is 0.978 bits per heavy atom. The molecule has 0 saturated carbocycles. The minimum atomic E-state index is -1.68. The van der Waals surface area contributed by atoms with Crippen molar-refractivity contribution in [2.45, 2.75) is 206 Å². The maximum absolute atomic E-state index is 14.6. The van der Waals surface area contributed by atoms with E-state index in [1.807, 2.05) is 40.7 Å². The van der Waals surface area contributed by atoms with E-state index in [1.165, 1.54) is 52.3 Å². The molecule has 0 spiro atoms. The van der Waals surface area contributed by atoms with Crippen LogP contribution in [0.1, 0.15) is 156 Å². The summed E-state index contributed by atoms with van der Waals surface area (Å²) in [5, 5.41) is 23.0. The molecule has 2 fully saturated rings. The summed E-state index contributed by atoms with van der Waals surface area (Å²) in [6.45, 7) is 17.8. The Balaban J connectivity index is 1.36. The van der Waals surface area contributed by atoms with Crippen LogP contribution in [0.5, 0.6) is 5.75 Å². The second-order valence-corrected chi connectivity index (χ2v) is 25.2. The van der Waals surface area contributed by atoms with Crippen molar-refractivity contribution >= 4 is 76.5 Å².